The molecule has 0 bridgehead atoms. The third-order valence-corrected chi connectivity index (χ3v) is 2.11. The zero-order valence-electron chi connectivity index (χ0n) is 8.82. The Kier molecular flexibility index (Phi) is 4.57. The largest absolute Gasteiger partial charge is 0.503 e. The summed E-state index contributed by atoms with van der Waals surface area (Å²) in [7, 11) is 1.43. The summed E-state index contributed by atoms with van der Waals surface area (Å²) >= 11 is 4.03. The lowest BCUT2D eigenvalue weighted by molar-refractivity contribution is 0.372. The minimum Gasteiger partial charge on any atom is -0.503 e. The average molecular weight is 233 g/mol. The predicted molar refractivity (Wildman–Crippen MR) is 64.7 cm³/mol. The van der Waals surface area contributed by atoms with Crippen molar-refractivity contribution in [2.45, 2.75) is 6.42 Å². The van der Waals surface area contributed by atoms with E-state index in [-0.39, 0.29) is 11.5 Å². The maximum absolute atomic E-state index is 9.75. The number of hydrogen-bond donors (Lipinski definition) is 2. The van der Waals surface area contributed by atoms with Crippen molar-refractivity contribution in [2.24, 2.45) is 0 Å². The predicted octanol–water partition coefficient (Wildman–Crippen LogP) is 1.94. The third kappa shape index (κ3) is 2.85. The van der Waals surface area contributed by atoms with Crippen molar-refractivity contribution in [1.82, 2.24) is 0 Å². The van der Waals surface area contributed by atoms with Crippen LogP contribution >= 0.6 is 12.6 Å². The van der Waals surface area contributed by atoms with Gasteiger partial charge in [-0.3, -0.25) is 0 Å². The number of benzene rings is 1. The lowest BCUT2D eigenvalue weighted by Crippen LogP contribution is -1.89. The summed E-state index contributed by atoms with van der Waals surface area (Å²) in [5.41, 5.74) is 0.808. The van der Waals surface area contributed by atoms with E-state index in [0.29, 0.717) is 23.3 Å². The van der Waals surface area contributed by atoms with Crippen molar-refractivity contribution in [3.63, 3.8) is 0 Å². The van der Waals surface area contributed by atoms with Gasteiger partial charge in [0.15, 0.2) is 11.5 Å². The van der Waals surface area contributed by atoms with Crippen LogP contribution in [0.3, 0.4) is 0 Å². The number of nitriles is 1. The van der Waals surface area contributed by atoms with Crippen LogP contribution < -0.4 is 4.74 Å². The van der Waals surface area contributed by atoms with Gasteiger partial charge in [-0.15, -0.1) is 0 Å². The number of thiol groups is 1. The molecule has 16 heavy (non-hydrogen) atoms. The summed E-state index contributed by atoms with van der Waals surface area (Å²) in [5.74, 6) is 6.51. The Morgan fingerprint density at radius 3 is 2.81 bits per heavy atom. The highest BCUT2D eigenvalue weighted by Gasteiger charge is 2.08. The molecule has 1 N–H and O–H groups in total. The highest BCUT2D eigenvalue weighted by molar-refractivity contribution is 7.80. The van der Waals surface area contributed by atoms with Gasteiger partial charge in [-0.2, -0.15) is 17.9 Å². The Morgan fingerprint density at radius 2 is 2.25 bits per heavy atom. The van der Waals surface area contributed by atoms with Crippen LogP contribution in [-0.2, 0) is 0 Å². The van der Waals surface area contributed by atoms with E-state index in [9.17, 15) is 5.11 Å². The molecule has 82 valence electrons. The average Bonchev–Trinajstić information content (AvgIpc) is 2.31. The molecule has 0 aromatic heterocycles. The topological polar surface area (TPSA) is 53.2 Å². The first-order valence-electron chi connectivity index (χ1n) is 4.63. The maximum Gasteiger partial charge on any atom is 0.173 e. The summed E-state index contributed by atoms with van der Waals surface area (Å²) in [6.07, 6.45) is 0.627. The summed E-state index contributed by atoms with van der Waals surface area (Å²) in [5, 5.41) is 18.5. The summed E-state index contributed by atoms with van der Waals surface area (Å²) in [4.78, 5) is 0. The number of phenolic OH excluding ortho intramolecular Hbond substituents is 1. The molecule has 0 saturated heterocycles. The van der Waals surface area contributed by atoms with Crippen LogP contribution in [0.4, 0.5) is 0 Å². The minimum atomic E-state index is -0.0341. The quantitative estimate of drug-likeness (QED) is 0.606. The second-order valence-corrected chi connectivity index (χ2v) is 3.41. The van der Waals surface area contributed by atoms with Gasteiger partial charge >= 0.3 is 0 Å². The summed E-state index contributed by atoms with van der Waals surface area (Å²) < 4.78 is 4.95. The first-order chi connectivity index (χ1) is 7.72. The van der Waals surface area contributed by atoms with Crippen LogP contribution in [0.2, 0.25) is 0 Å². The second kappa shape index (κ2) is 5.95. The number of methoxy groups -OCH3 is 1. The Hall–Kier alpha value is -1.78. The highest BCUT2D eigenvalue weighted by Crippen LogP contribution is 2.30. The lowest BCUT2D eigenvalue weighted by atomic mass is 10.1. The Morgan fingerprint density at radius 1 is 1.50 bits per heavy atom. The number of hydrogen-bond acceptors (Lipinski definition) is 4. The molecule has 0 aliphatic carbocycles. The van der Waals surface area contributed by atoms with E-state index in [0.717, 1.165) is 0 Å². The first kappa shape index (κ1) is 12.3. The molecule has 0 heterocycles. The van der Waals surface area contributed by atoms with Crippen molar-refractivity contribution >= 4 is 12.6 Å². The molecule has 0 atom stereocenters. The zero-order valence-corrected chi connectivity index (χ0v) is 9.71. The van der Waals surface area contributed by atoms with Gasteiger partial charge in [0.2, 0.25) is 0 Å². The highest BCUT2D eigenvalue weighted by atomic mass is 32.1. The van der Waals surface area contributed by atoms with Crippen molar-refractivity contribution in [3.8, 4) is 29.4 Å². The van der Waals surface area contributed by atoms with E-state index >= 15 is 0 Å². The molecule has 3 nitrogen and oxygen atoms in total. The molecule has 1 aromatic carbocycles. The smallest absolute Gasteiger partial charge is 0.173 e. The standard InChI is InChI=1S/C12H11NO2S/c1-15-11-7-9(8-13)6-10(12(11)14)4-2-3-5-16/h6-7,14,16H,3,5H2,1H3. The monoisotopic (exact) mass is 233 g/mol. The van der Waals surface area contributed by atoms with Crippen LogP contribution in [0, 0.1) is 23.2 Å². The molecule has 0 saturated carbocycles. The van der Waals surface area contributed by atoms with Crippen LogP contribution in [0.15, 0.2) is 12.1 Å². The van der Waals surface area contributed by atoms with Crippen LogP contribution in [-0.4, -0.2) is 18.0 Å². The van der Waals surface area contributed by atoms with E-state index in [1.165, 1.54) is 19.2 Å². The molecule has 0 spiro atoms. The molecule has 4 heteroatoms. The van der Waals surface area contributed by atoms with Gasteiger partial charge < -0.3 is 9.84 Å². The summed E-state index contributed by atoms with van der Waals surface area (Å²) in [6.45, 7) is 0. The zero-order chi connectivity index (χ0) is 12.0. The normalized spacial score (nSPS) is 8.81. The van der Waals surface area contributed by atoms with Crippen molar-refractivity contribution in [3.05, 3.63) is 23.3 Å². The van der Waals surface area contributed by atoms with Gasteiger partial charge in [0.25, 0.3) is 0 Å². The van der Waals surface area contributed by atoms with Gasteiger partial charge in [-0.1, -0.05) is 11.8 Å². The van der Waals surface area contributed by atoms with Crippen molar-refractivity contribution < 1.29 is 9.84 Å². The summed E-state index contributed by atoms with van der Waals surface area (Å²) in [6, 6.07) is 4.99. The molecule has 0 unspecified atom stereocenters. The molecule has 0 amide bonds. The third-order valence-electron chi connectivity index (χ3n) is 1.88. The number of ether oxygens (including phenoxy) is 1. The Balaban J connectivity index is 3.19. The molecule has 1 rings (SSSR count). The number of nitrogens with zero attached hydrogens (tertiary/aromatic N) is 1. The Bertz CT molecular complexity index is 480. The Labute approximate surface area is 100 Å². The molecule has 1 aromatic rings. The lowest BCUT2D eigenvalue weighted by Gasteiger charge is -2.05. The van der Waals surface area contributed by atoms with Crippen LogP contribution in [0.5, 0.6) is 11.5 Å². The van der Waals surface area contributed by atoms with E-state index in [1.54, 1.807) is 0 Å². The van der Waals surface area contributed by atoms with E-state index in [4.69, 9.17) is 10.00 Å². The second-order valence-electron chi connectivity index (χ2n) is 2.96. The molecular formula is C12H11NO2S. The number of rotatable bonds is 2. The van der Waals surface area contributed by atoms with Crippen LogP contribution in [0.1, 0.15) is 17.5 Å². The maximum atomic E-state index is 9.75. The first-order valence-corrected chi connectivity index (χ1v) is 5.27. The molecule has 0 aliphatic rings. The van der Waals surface area contributed by atoms with E-state index in [2.05, 4.69) is 24.5 Å². The van der Waals surface area contributed by atoms with Crippen molar-refractivity contribution in [1.29, 1.82) is 5.26 Å². The van der Waals surface area contributed by atoms with Gasteiger partial charge in [-0.25, -0.2) is 0 Å². The minimum absolute atomic E-state index is 0.0341. The molecule has 0 fully saturated rings. The number of aromatic hydroxyl groups is 1. The SMILES string of the molecule is COc1cc(C#N)cc(C#CCCS)c1O. The van der Waals surface area contributed by atoms with Gasteiger partial charge in [0, 0.05) is 18.2 Å². The van der Waals surface area contributed by atoms with E-state index in [1.807, 2.05) is 6.07 Å². The van der Waals surface area contributed by atoms with Crippen molar-refractivity contribution in [2.75, 3.05) is 12.9 Å². The molecule has 0 aliphatic heterocycles. The van der Waals surface area contributed by atoms with Gasteiger partial charge in [-0.05, 0) is 6.07 Å². The van der Waals surface area contributed by atoms with Gasteiger partial charge in [0.1, 0.15) is 0 Å². The fourth-order valence-corrected chi connectivity index (χ4v) is 1.25. The van der Waals surface area contributed by atoms with Crippen LogP contribution in [0.25, 0.3) is 0 Å². The fourth-order valence-electron chi connectivity index (χ4n) is 1.14. The molecule has 0 radical (unpaired) electrons. The fraction of sp³-hybridized carbons (Fsp3) is 0.250. The number of phenols is 1. The van der Waals surface area contributed by atoms with Gasteiger partial charge in [0.05, 0.1) is 24.3 Å². The van der Waals surface area contributed by atoms with E-state index < -0.39 is 0 Å². The molecular weight excluding hydrogens is 222 g/mol.